The summed E-state index contributed by atoms with van der Waals surface area (Å²) >= 11 is 5.19. The van der Waals surface area contributed by atoms with Crippen molar-refractivity contribution in [1.82, 2.24) is 10.2 Å². The van der Waals surface area contributed by atoms with Crippen LogP contribution in [-0.2, 0) is 25.7 Å². The Morgan fingerprint density at radius 2 is 2.10 bits per heavy atom. The Hall–Kier alpha value is -3.33. The lowest BCUT2D eigenvalue weighted by Crippen LogP contribution is -2.50. The van der Waals surface area contributed by atoms with Crippen molar-refractivity contribution in [2.45, 2.75) is 6.54 Å². The molecule has 150 valence electrons. The Morgan fingerprint density at radius 3 is 2.83 bits per heavy atom. The lowest BCUT2D eigenvalue weighted by Gasteiger charge is -2.30. The van der Waals surface area contributed by atoms with Crippen LogP contribution in [0.15, 0.2) is 53.1 Å². The first-order valence-corrected chi connectivity index (χ1v) is 9.15. The van der Waals surface area contributed by atoms with Gasteiger partial charge in [-0.05, 0) is 36.0 Å². The second-order valence-electron chi connectivity index (χ2n) is 6.30. The molecular weight excluding hydrogens is 394 g/mol. The standard InChI is InChI=1S/C20H19N3O5S/c1-27-14-5-3-4-12(8-14)10-21-17(24)11-23-18(25)15-7-6-13(19(26)28-2)9-16(15)22-20(23)29/h3-9,15H,10-11H2,1-2H3,(H,21,24). The maximum Gasteiger partial charge on any atom is 0.337 e. The van der Waals surface area contributed by atoms with Crippen LogP contribution in [0.4, 0.5) is 0 Å². The molecule has 1 heterocycles. The molecule has 1 atom stereocenters. The maximum atomic E-state index is 12.8. The number of thiocarbonyl (C=S) groups is 1. The molecule has 0 saturated heterocycles. The zero-order chi connectivity index (χ0) is 21.0. The summed E-state index contributed by atoms with van der Waals surface area (Å²) in [7, 11) is 2.84. The van der Waals surface area contributed by atoms with Crippen molar-refractivity contribution in [3.05, 3.63) is 53.6 Å². The fraction of sp³-hybridized carbons (Fsp3) is 0.250. The number of aliphatic imine (C=N–C) groups is 1. The van der Waals surface area contributed by atoms with Gasteiger partial charge in [-0.2, -0.15) is 0 Å². The molecule has 0 spiro atoms. The minimum Gasteiger partial charge on any atom is -0.497 e. The van der Waals surface area contributed by atoms with Crippen molar-refractivity contribution < 1.29 is 23.9 Å². The Kier molecular flexibility index (Phi) is 6.18. The second kappa shape index (κ2) is 8.78. The topological polar surface area (TPSA) is 97.3 Å². The molecule has 0 aromatic heterocycles. The van der Waals surface area contributed by atoms with Crippen molar-refractivity contribution in [3.8, 4) is 5.75 Å². The molecule has 1 unspecified atom stereocenters. The molecule has 1 aliphatic heterocycles. The molecule has 9 heteroatoms. The average Bonchev–Trinajstić information content (AvgIpc) is 2.74. The van der Waals surface area contributed by atoms with Crippen LogP contribution in [0, 0.1) is 5.92 Å². The second-order valence-corrected chi connectivity index (χ2v) is 6.67. The summed E-state index contributed by atoms with van der Waals surface area (Å²) in [6.07, 6.45) is 4.53. The minimum atomic E-state index is -0.693. The highest BCUT2D eigenvalue weighted by molar-refractivity contribution is 7.80. The third kappa shape index (κ3) is 4.57. The first kappa shape index (κ1) is 20.4. The van der Waals surface area contributed by atoms with Gasteiger partial charge in [0.2, 0.25) is 16.9 Å². The van der Waals surface area contributed by atoms with Crippen LogP contribution in [0.1, 0.15) is 5.56 Å². The van der Waals surface area contributed by atoms with Crippen molar-refractivity contribution >= 4 is 40.8 Å². The van der Waals surface area contributed by atoms with E-state index in [1.54, 1.807) is 13.2 Å². The first-order chi connectivity index (χ1) is 13.9. The van der Waals surface area contributed by atoms with Crippen molar-refractivity contribution in [2.24, 2.45) is 10.9 Å². The smallest absolute Gasteiger partial charge is 0.337 e. The van der Waals surface area contributed by atoms with Gasteiger partial charge in [0.1, 0.15) is 12.3 Å². The Bertz CT molecular complexity index is 967. The average molecular weight is 413 g/mol. The number of fused-ring (bicyclic) bond motifs is 1. The van der Waals surface area contributed by atoms with Crippen molar-refractivity contribution in [1.29, 1.82) is 0 Å². The number of amides is 2. The molecule has 1 aromatic carbocycles. The van der Waals surface area contributed by atoms with Gasteiger partial charge in [0.05, 0.1) is 31.4 Å². The third-order valence-electron chi connectivity index (χ3n) is 4.42. The molecule has 0 fully saturated rings. The summed E-state index contributed by atoms with van der Waals surface area (Å²) in [5.74, 6) is -1.27. The van der Waals surface area contributed by atoms with Gasteiger partial charge in [0.25, 0.3) is 0 Å². The Balaban J connectivity index is 1.65. The highest BCUT2D eigenvalue weighted by Gasteiger charge is 2.36. The van der Waals surface area contributed by atoms with E-state index in [4.69, 9.17) is 17.0 Å². The fourth-order valence-corrected chi connectivity index (χ4v) is 3.17. The molecule has 29 heavy (non-hydrogen) atoms. The molecule has 2 aliphatic rings. The number of carbonyl (C=O) groups is 3. The van der Waals surface area contributed by atoms with Crippen LogP contribution in [-0.4, -0.2) is 54.3 Å². The van der Waals surface area contributed by atoms with Crippen LogP contribution in [0.25, 0.3) is 0 Å². The number of nitrogens with zero attached hydrogens (tertiary/aromatic N) is 2. The third-order valence-corrected chi connectivity index (χ3v) is 4.74. The molecule has 1 N–H and O–H groups in total. The molecular formula is C20H19N3O5S. The minimum absolute atomic E-state index is 0.0199. The van der Waals surface area contributed by atoms with Crippen molar-refractivity contribution in [3.63, 3.8) is 0 Å². The van der Waals surface area contributed by atoms with E-state index >= 15 is 0 Å². The molecule has 1 aromatic rings. The molecule has 1 aliphatic carbocycles. The van der Waals surface area contributed by atoms with E-state index < -0.39 is 11.9 Å². The predicted octanol–water partition coefficient (Wildman–Crippen LogP) is 1.16. The van der Waals surface area contributed by atoms with E-state index in [-0.39, 0.29) is 35.6 Å². The number of hydrogen-bond acceptors (Lipinski definition) is 6. The van der Waals surface area contributed by atoms with Gasteiger partial charge in [-0.25, -0.2) is 9.79 Å². The van der Waals surface area contributed by atoms with Crippen LogP contribution < -0.4 is 10.1 Å². The zero-order valence-electron chi connectivity index (χ0n) is 15.9. The van der Waals surface area contributed by atoms with Gasteiger partial charge in [-0.1, -0.05) is 24.3 Å². The summed E-state index contributed by atoms with van der Waals surface area (Å²) in [6.45, 7) is 0.0459. The Labute approximate surface area is 172 Å². The number of nitrogens with one attached hydrogen (secondary N) is 1. The van der Waals surface area contributed by atoms with Crippen molar-refractivity contribution in [2.75, 3.05) is 20.8 Å². The predicted molar refractivity (Wildman–Crippen MR) is 109 cm³/mol. The van der Waals surface area contributed by atoms with Gasteiger partial charge >= 0.3 is 5.97 Å². The SMILES string of the molecule is COC(=O)C1=CC2=NC(=S)N(CC(=O)NCc3cccc(OC)c3)C(=O)C2C=C1. The van der Waals surface area contributed by atoms with Gasteiger partial charge in [0.15, 0.2) is 0 Å². The van der Waals surface area contributed by atoms with E-state index in [1.165, 1.54) is 19.3 Å². The molecule has 8 nitrogen and oxygen atoms in total. The fourth-order valence-electron chi connectivity index (χ4n) is 2.91. The van der Waals surface area contributed by atoms with Gasteiger partial charge in [-0.3, -0.25) is 14.5 Å². The summed E-state index contributed by atoms with van der Waals surface area (Å²) in [5.41, 5.74) is 1.50. The number of methoxy groups -OCH3 is 2. The maximum absolute atomic E-state index is 12.8. The monoisotopic (exact) mass is 413 g/mol. The van der Waals surface area contributed by atoms with E-state index in [0.717, 1.165) is 10.5 Å². The number of esters is 1. The van der Waals surface area contributed by atoms with E-state index in [1.807, 2.05) is 24.3 Å². The molecule has 0 bridgehead atoms. The summed E-state index contributed by atoms with van der Waals surface area (Å²) in [4.78, 5) is 42.1. The Morgan fingerprint density at radius 1 is 1.31 bits per heavy atom. The largest absolute Gasteiger partial charge is 0.497 e. The number of hydrogen-bond donors (Lipinski definition) is 1. The number of rotatable bonds is 6. The van der Waals surface area contributed by atoms with Crippen LogP contribution >= 0.6 is 12.2 Å². The van der Waals surface area contributed by atoms with Gasteiger partial charge < -0.3 is 14.8 Å². The summed E-state index contributed by atoms with van der Waals surface area (Å²) in [5, 5.41) is 2.73. The zero-order valence-corrected chi connectivity index (χ0v) is 16.7. The number of benzene rings is 1. The molecule has 2 amide bonds. The molecule has 0 saturated carbocycles. The number of allylic oxidation sites excluding steroid dienone is 1. The van der Waals surface area contributed by atoms with Crippen LogP contribution in [0.2, 0.25) is 0 Å². The lowest BCUT2D eigenvalue weighted by molar-refractivity contribution is -0.135. The highest BCUT2D eigenvalue weighted by atomic mass is 32.1. The van der Waals surface area contributed by atoms with E-state index in [2.05, 4.69) is 15.0 Å². The van der Waals surface area contributed by atoms with Gasteiger partial charge in [0, 0.05) is 6.54 Å². The first-order valence-electron chi connectivity index (χ1n) is 8.74. The lowest BCUT2D eigenvalue weighted by atomic mass is 9.92. The highest BCUT2D eigenvalue weighted by Crippen LogP contribution is 2.22. The van der Waals surface area contributed by atoms with E-state index in [0.29, 0.717) is 11.5 Å². The normalized spacial score (nSPS) is 17.9. The number of ether oxygens (including phenoxy) is 2. The quantitative estimate of drug-likeness (QED) is 0.555. The van der Waals surface area contributed by atoms with E-state index in [9.17, 15) is 14.4 Å². The van der Waals surface area contributed by atoms with Gasteiger partial charge in [-0.15, -0.1) is 0 Å². The molecule has 0 radical (unpaired) electrons. The summed E-state index contributed by atoms with van der Waals surface area (Å²) in [6, 6.07) is 7.30. The van der Waals surface area contributed by atoms with Crippen LogP contribution in [0.5, 0.6) is 5.75 Å². The van der Waals surface area contributed by atoms with Crippen LogP contribution in [0.3, 0.4) is 0 Å². The molecule has 3 rings (SSSR count). The summed E-state index contributed by atoms with van der Waals surface area (Å²) < 4.78 is 9.83. The number of carbonyl (C=O) groups excluding carboxylic acids is 3.